The minimum atomic E-state index is 0.0289. The van der Waals surface area contributed by atoms with Gasteiger partial charge in [0, 0.05) is 44.0 Å². The van der Waals surface area contributed by atoms with Gasteiger partial charge in [0.25, 0.3) is 11.6 Å². The lowest BCUT2D eigenvalue weighted by molar-refractivity contribution is 0.0748. The third kappa shape index (κ3) is 2.92. The van der Waals surface area contributed by atoms with E-state index in [1.807, 2.05) is 30.0 Å². The second-order valence-electron chi connectivity index (χ2n) is 7.92. The van der Waals surface area contributed by atoms with Crippen LogP contribution in [0.3, 0.4) is 0 Å². The van der Waals surface area contributed by atoms with Crippen LogP contribution in [-0.4, -0.2) is 57.1 Å². The molecule has 0 unspecified atom stereocenters. The summed E-state index contributed by atoms with van der Waals surface area (Å²) in [6.07, 6.45) is 4.03. The normalized spacial score (nSPS) is 17.2. The van der Waals surface area contributed by atoms with Crippen LogP contribution in [0.1, 0.15) is 40.5 Å². The van der Waals surface area contributed by atoms with Crippen molar-refractivity contribution in [2.45, 2.75) is 25.7 Å². The molecule has 1 saturated heterocycles. The molecular formula is C21H20N6O2S. The molecule has 1 amide bonds. The summed E-state index contributed by atoms with van der Waals surface area (Å²) in [5.74, 6) is 0.470. The second kappa shape index (κ2) is 6.73. The van der Waals surface area contributed by atoms with Crippen molar-refractivity contribution < 1.29 is 9.32 Å². The summed E-state index contributed by atoms with van der Waals surface area (Å²) in [6.45, 7) is 4.65. The molecule has 9 heteroatoms. The van der Waals surface area contributed by atoms with Crippen LogP contribution in [0.4, 0.5) is 5.13 Å². The Morgan fingerprint density at radius 2 is 2.03 bits per heavy atom. The van der Waals surface area contributed by atoms with Crippen molar-refractivity contribution in [2.24, 2.45) is 0 Å². The number of carbonyl (C=O) groups is 1. The van der Waals surface area contributed by atoms with E-state index in [1.54, 1.807) is 17.5 Å². The van der Waals surface area contributed by atoms with Crippen LogP contribution in [0.15, 0.2) is 28.9 Å². The van der Waals surface area contributed by atoms with Gasteiger partial charge in [-0.25, -0.2) is 15.0 Å². The molecule has 1 aliphatic carbocycles. The molecule has 2 fully saturated rings. The maximum Gasteiger partial charge on any atom is 0.259 e. The molecule has 152 valence electrons. The number of thiazole rings is 1. The maximum atomic E-state index is 13.4. The lowest BCUT2D eigenvalue weighted by Gasteiger charge is -2.34. The highest BCUT2D eigenvalue weighted by molar-refractivity contribution is 7.21. The van der Waals surface area contributed by atoms with E-state index >= 15 is 0 Å². The highest BCUT2D eigenvalue weighted by Gasteiger charge is 2.31. The fraction of sp³-hybridized carbons (Fsp3) is 0.381. The fourth-order valence-electron chi connectivity index (χ4n) is 4.04. The van der Waals surface area contributed by atoms with Gasteiger partial charge >= 0.3 is 0 Å². The number of hydrogen-bond acceptors (Lipinski definition) is 8. The van der Waals surface area contributed by atoms with Crippen LogP contribution in [0.5, 0.6) is 0 Å². The van der Waals surface area contributed by atoms with Gasteiger partial charge in [-0.3, -0.25) is 4.79 Å². The van der Waals surface area contributed by atoms with E-state index in [4.69, 9.17) is 9.51 Å². The van der Waals surface area contributed by atoms with Crippen LogP contribution in [0.25, 0.3) is 21.4 Å². The molecule has 0 N–H and O–H groups in total. The fourth-order valence-corrected chi connectivity index (χ4v) is 5.00. The molecule has 4 aromatic rings. The van der Waals surface area contributed by atoms with Crippen LogP contribution in [0, 0.1) is 6.92 Å². The molecule has 0 bridgehead atoms. The second-order valence-corrected chi connectivity index (χ2v) is 8.88. The Labute approximate surface area is 176 Å². The molecule has 1 aliphatic heterocycles. The van der Waals surface area contributed by atoms with E-state index < -0.39 is 0 Å². The zero-order chi connectivity index (χ0) is 20.2. The van der Waals surface area contributed by atoms with Gasteiger partial charge in [-0.05, 0) is 38.0 Å². The minimum Gasteiger partial charge on any atom is -0.344 e. The summed E-state index contributed by atoms with van der Waals surface area (Å²) in [6, 6.07) is 5.84. The van der Waals surface area contributed by atoms with Crippen molar-refractivity contribution in [2.75, 3.05) is 31.1 Å². The van der Waals surface area contributed by atoms with Gasteiger partial charge in [-0.15, -0.1) is 0 Å². The van der Waals surface area contributed by atoms with Gasteiger partial charge < -0.3 is 14.3 Å². The number of aryl methyl sites for hydroxylation is 1. The molecule has 8 nitrogen and oxygen atoms in total. The molecule has 4 aromatic heterocycles. The topological polar surface area (TPSA) is 88.3 Å². The van der Waals surface area contributed by atoms with E-state index in [1.165, 1.54) is 0 Å². The van der Waals surface area contributed by atoms with E-state index in [0.29, 0.717) is 36.0 Å². The predicted octanol–water partition coefficient (Wildman–Crippen LogP) is 3.38. The first-order chi connectivity index (χ1) is 14.7. The van der Waals surface area contributed by atoms with Gasteiger partial charge in [0.15, 0.2) is 5.13 Å². The van der Waals surface area contributed by atoms with Crippen molar-refractivity contribution in [1.82, 2.24) is 25.0 Å². The number of pyridine rings is 2. The van der Waals surface area contributed by atoms with Crippen molar-refractivity contribution in [3.05, 3.63) is 41.3 Å². The van der Waals surface area contributed by atoms with Crippen LogP contribution in [0.2, 0.25) is 0 Å². The lowest BCUT2D eigenvalue weighted by atomic mass is 10.1. The quantitative estimate of drug-likeness (QED) is 0.502. The van der Waals surface area contributed by atoms with Crippen molar-refractivity contribution in [1.29, 1.82) is 0 Å². The Kier molecular flexibility index (Phi) is 3.98. The van der Waals surface area contributed by atoms with Gasteiger partial charge in [0.1, 0.15) is 10.3 Å². The number of hydrogen-bond donors (Lipinski definition) is 0. The molecule has 30 heavy (non-hydrogen) atoms. The number of fused-ring (bicyclic) bond motifs is 2. The standard InChI is InChI=1S/C21H20N6O2S/c1-12-17-14(11-16(13-4-5-13)23-18(17)29-25-12)20(28)26-7-9-27(10-8-26)21-24-15-3-2-6-22-19(15)30-21/h2-3,6,11,13H,4-5,7-10H2,1H3. The highest BCUT2D eigenvalue weighted by Crippen LogP contribution is 2.40. The summed E-state index contributed by atoms with van der Waals surface area (Å²) in [5.41, 5.74) is 3.72. The van der Waals surface area contributed by atoms with Crippen LogP contribution >= 0.6 is 11.3 Å². The van der Waals surface area contributed by atoms with Gasteiger partial charge in [-0.1, -0.05) is 16.5 Å². The summed E-state index contributed by atoms with van der Waals surface area (Å²) in [5, 5.41) is 5.75. The molecule has 0 aromatic carbocycles. The summed E-state index contributed by atoms with van der Waals surface area (Å²) in [7, 11) is 0. The average Bonchev–Trinajstić information content (AvgIpc) is 3.44. The van der Waals surface area contributed by atoms with Crippen molar-refractivity contribution in [3.63, 3.8) is 0 Å². The van der Waals surface area contributed by atoms with Crippen molar-refractivity contribution in [3.8, 4) is 0 Å². The zero-order valence-electron chi connectivity index (χ0n) is 16.5. The Balaban J connectivity index is 1.25. The number of rotatable bonds is 3. The van der Waals surface area contributed by atoms with Gasteiger partial charge in [-0.2, -0.15) is 0 Å². The third-order valence-corrected chi connectivity index (χ3v) is 6.90. The summed E-state index contributed by atoms with van der Waals surface area (Å²) in [4.78, 5) is 32.2. The van der Waals surface area contributed by atoms with Crippen LogP contribution in [-0.2, 0) is 0 Å². The number of aromatic nitrogens is 4. The highest BCUT2D eigenvalue weighted by atomic mass is 32.1. The summed E-state index contributed by atoms with van der Waals surface area (Å²) >= 11 is 1.60. The smallest absolute Gasteiger partial charge is 0.259 e. The molecular weight excluding hydrogens is 400 g/mol. The number of nitrogens with zero attached hydrogens (tertiary/aromatic N) is 6. The average molecular weight is 420 g/mol. The lowest BCUT2D eigenvalue weighted by Crippen LogP contribution is -2.48. The molecule has 0 spiro atoms. The van der Waals surface area contributed by atoms with Crippen molar-refractivity contribution >= 4 is 43.8 Å². The molecule has 0 atom stereocenters. The first-order valence-electron chi connectivity index (χ1n) is 10.2. The molecule has 0 radical (unpaired) electrons. The SMILES string of the molecule is Cc1noc2nc(C3CC3)cc(C(=O)N3CCN(c4nc5cccnc5s4)CC3)c12. The van der Waals surface area contributed by atoms with E-state index in [2.05, 4.69) is 20.0 Å². The number of piperazine rings is 1. The Bertz CT molecular complexity index is 1240. The maximum absolute atomic E-state index is 13.4. The van der Waals surface area contributed by atoms with E-state index in [0.717, 1.165) is 52.5 Å². The molecule has 5 heterocycles. The first kappa shape index (κ1) is 17.8. The Morgan fingerprint density at radius 1 is 1.20 bits per heavy atom. The molecule has 6 rings (SSSR count). The number of carbonyl (C=O) groups excluding carboxylic acids is 1. The molecule has 1 saturated carbocycles. The first-order valence-corrected chi connectivity index (χ1v) is 11.0. The Morgan fingerprint density at radius 3 is 2.80 bits per heavy atom. The van der Waals surface area contributed by atoms with Gasteiger partial charge in [0.2, 0.25) is 0 Å². The number of amides is 1. The predicted molar refractivity (Wildman–Crippen MR) is 114 cm³/mol. The molecule has 2 aliphatic rings. The van der Waals surface area contributed by atoms with E-state index in [9.17, 15) is 4.79 Å². The van der Waals surface area contributed by atoms with Gasteiger partial charge in [0.05, 0.1) is 16.6 Å². The van der Waals surface area contributed by atoms with Crippen LogP contribution < -0.4 is 4.90 Å². The minimum absolute atomic E-state index is 0.0289. The number of anilines is 1. The summed E-state index contributed by atoms with van der Waals surface area (Å²) < 4.78 is 5.40. The van der Waals surface area contributed by atoms with E-state index in [-0.39, 0.29) is 5.91 Å². The third-order valence-electron chi connectivity index (χ3n) is 5.86. The largest absolute Gasteiger partial charge is 0.344 e. The monoisotopic (exact) mass is 420 g/mol. The Hall–Kier alpha value is -3.07. The zero-order valence-corrected chi connectivity index (χ0v) is 17.4.